The minimum Gasteiger partial charge on any atom is -0.352 e. The second-order valence-electron chi connectivity index (χ2n) is 5.86. The van der Waals surface area contributed by atoms with Crippen LogP contribution in [0.15, 0.2) is 30.3 Å². The van der Waals surface area contributed by atoms with Crippen LogP contribution in [-0.4, -0.2) is 18.0 Å². The van der Waals surface area contributed by atoms with Crippen molar-refractivity contribution in [3.05, 3.63) is 35.9 Å². The first-order valence-corrected chi connectivity index (χ1v) is 7.78. The maximum Gasteiger partial charge on any atom is 0.237 e. The maximum atomic E-state index is 12.2. The highest BCUT2D eigenvalue weighted by Gasteiger charge is 2.20. The summed E-state index contributed by atoms with van der Waals surface area (Å²) < 4.78 is 0. The summed E-state index contributed by atoms with van der Waals surface area (Å²) in [7, 11) is 0. The van der Waals surface area contributed by atoms with Gasteiger partial charge in [-0.25, -0.2) is 0 Å². The van der Waals surface area contributed by atoms with Gasteiger partial charge in [0.1, 0.15) is 0 Å². The molecule has 2 rings (SSSR count). The lowest BCUT2D eigenvalue weighted by Gasteiger charge is -2.26. The maximum absolute atomic E-state index is 12.2. The zero-order valence-electron chi connectivity index (χ0n) is 12.6. The number of hydrogen-bond acceptors (Lipinski definition) is 2. The average molecular weight is 274 g/mol. The Morgan fingerprint density at radius 1 is 1.10 bits per heavy atom. The molecule has 3 nitrogen and oxygen atoms in total. The van der Waals surface area contributed by atoms with Gasteiger partial charge in [0.15, 0.2) is 0 Å². The van der Waals surface area contributed by atoms with E-state index < -0.39 is 0 Å². The summed E-state index contributed by atoms with van der Waals surface area (Å²) in [5, 5.41) is 6.55. The van der Waals surface area contributed by atoms with Crippen LogP contribution in [0.5, 0.6) is 0 Å². The predicted molar refractivity (Wildman–Crippen MR) is 82.5 cm³/mol. The summed E-state index contributed by atoms with van der Waals surface area (Å²) >= 11 is 0. The van der Waals surface area contributed by atoms with Crippen molar-refractivity contribution in [2.24, 2.45) is 0 Å². The first-order chi connectivity index (χ1) is 9.66. The van der Waals surface area contributed by atoms with Crippen molar-refractivity contribution in [1.29, 1.82) is 0 Å². The lowest BCUT2D eigenvalue weighted by atomic mass is 9.95. The quantitative estimate of drug-likeness (QED) is 0.866. The summed E-state index contributed by atoms with van der Waals surface area (Å²) in [5.74, 6) is 0.125. The Morgan fingerprint density at radius 2 is 1.75 bits per heavy atom. The fraction of sp³-hybridized carbons (Fsp3) is 0.588. The van der Waals surface area contributed by atoms with Crippen molar-refractivity contribution in [2.45, 2.75) is 64.1 Å². The fourth-order valence-corrected chi connectivity index (χ4v) is 2.86. The summed E-state index contributed by atoms with van der Waals surface area (Å²) in [5.41, 5.74) is 1.21. The Morgan fingerprint density at radius 3 is 2.40 bits per heavy atom. The Labute approximate surface area is 122 Å². The van der Waals surface area contributed by atoms with Crippen LogP contribution >= 0.6 is 0 Å². The molecule has 110 valence electrons. The zero-order valence-corrected chi connectivity index (χ0v) is 12.6. The topological polar surface area (TPSA) is 41.1 Å². The van der Waals surface area contributed by atoms with E-state index in [1.165, 1.54) is 24.8 Å². The second-order valence-corrected chi connectivity index (χ2v) is 5.86. The van der Waals surface area contributed by atoms with Crippen molar-refractivity contribution in [1.82, 2.24) is 10.6 Å². The molecule has 1 saturated carbocycles. The molecule has 1 unspecified atom stereocenters. The van der Waals surface area contributed by atoms with Crippen LogP contribution in [0.4, 0.5) is 0 Å². The molecule has 1 aromatic rings. The molecule has 20 heavy (non-hydrogen) atoms. The van der Waals surface area contributed by atoms with Gasteiger partial charge in [-0.3, -0.25) is 10.1 Å². The van der Waals surface area contributed by atoms with Gasteiger partial charge >= 0.3 is 0 Å². The largest absolute Gasteiger partial charge is 0.352 e. The molecule has 0 radical (unpaired) electrons. The molecule has 0 heterocycles. The van der Waals surface area contributed by atoms with E-state index >= 15 is 0 Å². The molecule has 0 spiro atoms. The monoisotopic (exact) mass is 274 g/mol. The van der Waals surface area contributed by atoms with Gasteiger partial charge in [0, 0.05) is 12.1 Å². The van der Waals surface area contributed by atoms with Crippen molar-refractivity contribution in [3.8, 4) is 0 Å². The van der Waals surface area contributed by atoms with Gasteiger partial charge in [0.2, 0.25) is 5.91 Å². The third-order valence-corrected chi connectivity index (χ3v) is 4.14. The Balaban J connectivity index is 1.81. The van der Waals surface area contributed by atoms with E-state index in [-0.39, 0.29) is 18.0 Å². The number of carbonyl (C=O) groups is 1. The summed E-state index contributed by atoms with van der Waals surface area (Å²) in [6, 6.07) is 10.6. The molecule has 0 aromatic heterocycles. The highest BCUT2D eigenvalue weighted by molar-refractivity contribution is 5.81. The van der Waals surface area contributed by atoms with E-state index in [2.05, 4.69) is 29.7 Å². The van der Waals surface area contributed by atoms with Gasteiger partial charge in [-0.05, 0) is 32.3 Å². The zero-order chi connectivity index (χ0) is 14.4. The first-order valence-electron chi connectivity index (χ1n) is 7.78. The molecule has 0 aliphatic heterocycles. The van der Waals surface area contributed by atoms with Crippen LogP contribution < -0.4 is 10.6 Å². The summed E-state index contributed by atoms with van der Waals surface area (Å²) in [6.45, 7) is 4.04. The van der Waals surface area contributed by atoms with Gasteiger partial charge in [-0.2, -0.15) is 0 Å². The fourth-order valence-electron chi connectivity index (χ4n) is 2.86. The normalized spacial score (nSPS) is 19.3. The van der Waals surface area contributed by atoms with Gasteiger partial charge in [0.05, 0.1) is 6.04 Å². The summed E-state index contributed by atoms with van der Waals surface area (Å²) in [6.07, 6.45) is 6.06. The molecular weight excluding hydrogens is 248 g/mol. The van der Waals surface area contributed by atoms with E-state index in [0.717, 1.165) is 12.8 Å². The van der Waals surface area contributed by atoms with Crippen molar-refractivity contribution in [3.63, 3.8) is 0 Å². The lowest BCUT2D eigenvalue weighted by molar-refractivity contribution is -0.123. The van der Waals surface area contributed by atoms with Crippen LogP contribution in [-0.2, 0) is 4.79 Å². The molecular formula is C17H26N2O. The number of nitrogens with one attached hydrogen (secondary N) is 2. The molecule has 1 amide bonds. The van der Waals surface area contributed by atoms with E-state index in [1.807, 2.05) is 25.1 Å². The van der Waals surface area contributed by atoms with Crippen molar-refractivity contribution in [2.75, 3.05) is 0 Å². The van der Waals surface area contributed by atoms with Crippen LogP contribution in [0.1, 0.15) is 57.6 Å². The number of hydrogen-bond donors (Lipinski definition) is 2. The molecule has 0 bridgehead atoms. The van der Waals surface area contributed by atoms with Crippen molar-refractivity contribution >= 4 is 5.91 Å². The smallest absolute Gasteiger partial charge is 0.237 e. The van der Waals surface area contributed by atoms with Gasteiger partial charge in [-0.15, -0.1) is 0 Å². The third kappa shape index (κ3) is 4.34. The number of carbonyl (C=O) groups excluding carboxylic acids is 1. The Kier molecular flexibility index (Phi) is 5.60. The van der Waals surface area contributed by atoms with E-state index in [1.54, 1.807) is 0 Å². The lowest BCUT2D eigenvalue weighted by Crippen LogP contribution is -2.47. The highest BCUT2D eigenvalue weighted by atomic mass is 16.2. The average Bonchev–Trinajstić information content (AvgIpc) is 2.49. The van der Waals surface area contributed by atoms with Crippen LogP contribution in [0.3, 0.4) is 0 Å². The van der Waals surface area contributed by atoms with E-state index in [0.29, 0.717) is 6.04 Å². The van der Waals surface area contributed by atoms with Crippen LogP contribution in [0.2, 0.25) is 0 Å². The molecule has 1 aliphatic rings. The van der Waals surface area contributed by atoms with Crippen LogP contribution in [0, 0.1) is 0 Å². The Bertz CT molecular complexity index is 412. The van der Waals surface area contributed by atoms with Gasteiger partial charge < -0.3 is 5.32 Å². The highest BCUT2D eigenvalue weighted by Crippen LogP contribution is 2.17. The number of amides is 1. The van der Waals surface area contributed by atoms with Gasteiger partial charge in [0.25, 0.3) is 0 Å². The molecule has 0 saturated heterocycles. The molecule has 2 N–H and O–H groups in total. The number of benzene rings is 1. The van der Waals surface area contributed by atoms with Crippen molar-refractivity contribution < 1.29 is 4.79 Å². The van der Waals surface area contributed by atoms with Crippen LogP contribution in [0.25, 0.3) is 0 Å². The third-order valence-electron chi connectivity index (χ3n) is 4.14. The molecule has 3 heteroatoms. The predicted octanol–water partition coefficient (Wildman–Crippen LogP) is 3.17. The van der Waals surface area contributed by atoms with E-state index in [9.17, 15) is 4.79 Å². The van der Waals surface area contributed by atoms with Gasteiger partial charge in [-0.1, -0.05) is 49.6 Å². The first kappa shape index (κ1) is 15.0. The summed E-state index contributed by atoms with van der Waals surface area (Å²) in [4.78, 5) is 12.2. The molecule has 1 aromatic carbocycles. The molecule has 2 atom stereocenters. The standard InChI is InChI=1S/C17H26N2O/c1-13(15-9-5-3-6-10-15)18-14(2)17(20)19-16-11-7-4-8-12-16/h3,5-6,9-10,13-14,16,18H,4,7-8,11-12H2,1-2H3,(H,19,20)/t13-,14?/m0/s1. The SMILES string of the molecule is CC(N[C@@H](C)c1ccccc1)C(=O)NC1CCCCC1. The second kappa shape index (κ2) is 7.44. The Hall–Kier alpha value is -1.35. The molecule has 1 aliphatic carbocycles. The minimum atomic E-state index is -0.160. The number of rotatable bonds is 5. The minimum absolute atomic E-state index is 0.125. The molecule has 1 fully saturated rings. The van der Waals surface area contributed by atoms with E-state index in [4.69, 9.17) is 0 Å².